The van der Waals surface area contributed by atoms with Gasteiger partial charge in [0.2, 0.25) is 10.0 Å². The molecule has 0 atom stereocenters. The monoisotopic (exact) mass is 209 g/mol. The molecule has 2 N–H and O–H groups in total. The van der Waals surface area contributed by atoms with Crippen molar-refractivity contribution in [2.24, 2.45) is 0 Å². The maximum absolute atomic E-state index is 11.4. The van der Waals surface area contributed by atoms with Crippen LogP contribution in [0.3, 0.4) is 0 Å². The first kappa shape index (κ1) is 12.9. The van der Waals surface area contributed by atoms with Crippen molar-refractivity contribution in [1.29, 1.82) is 0 Å². The van der Waals surface area contributed by atoms with Crippen LogP contribution in [0, 0.1) is 0 Å². The summed E-state index contributed by atoms with van der Waals surface area (Å²) in [4.78, 5) is 0. The molecule has 0 fully saturated rings. The molecule has 80 valence electrons. The summed E-state index contributed by atoms with van der Waals surface area (Å²) in [5.74, 6) is 0. The Morgan fingerprint density at radius 1 is 1.23 bits per heavy atom. The molecule has 0 aliphatic rings. The Hall–Kier alpha value is -0.130. The Labute approximate surface area is 80.4 Å². The van der Waals surface area contributed by atoms with Crippen LogP contribution in [0.1, 0.15) is 33.6 Å². The average molecular weight is 209 g/mol. The van der Waals surface area contributed by atoms with Crippen LogP contribution in [0.2, 0.25) is 0 Å². The van der Waals surface area contributed by atoms with Crippen LogP contribution in [0.4, 0.5) is 0 Å². The molecule has 0 radical (unpaired) electrons. The molecule has 5 heteroatoms. The third-order valence-corrected chi connectivity index (χ3v) is 3.88. The fourth-order valence-corrected chi connectivity index (χ4v) is 1.51. The molecule has 0 aromatic heterocycles. The second-order valence-electron chi connectivity index (χ2n) is 3.94. The van der Waals surface area contributed by atoms with E-state index in [1.165, 1.54) is 0 Å². The molecule has 13 heavy (non-hydrogen) atoms. The highest BCUT2D eigenvalue weighted by molar-refractivity contribution is 7.90. The Bertz CT molecular complexity index is 228. The summed E-state index contributed by atoms with van der Waals surface area (Å²) in [7, 11) is -3.21. The number of hydrogen-bond acceptors (Lipinski definition) is 3. The van der Waals surface area contributed by atoms with Crippen LogP contribution in [-0.4, -0.2) is 31.4 Å². The van der Waals surface area contributed by atoms with E-state index in [1.807, 2.05) is 0 Å². The molecule has 0 rings (SSSR count). The van der Waals surface area contributed by atoms with Gasteiger partial charge < -0.3 is 5.11 Å². The summed E-state index contributed by atoms with van der Waals surface area (Å²) in [5.41, 5.74) is 0. The molecule has 4 nitrogen and oxygen atoms in total. The lowest BCUT2D eigenvalue weighted by atomic mass is 10.3. The Balaban J connectivity index is 3.92. The molecule has 0 spiro atoms. The quantitative estimate of drug-likeness (QED) is 0.647. The van der Waals surface area contributed by atoms with E-state index in [0.717, 1.165) is 0 Å². The zero-order chi connectivity index (χ0) is 10.5. The van der Waals surface area contributed by atoms with Gasteiger partial charge in [-0.15, -0.1) is 0 Å². The first-order valence-corrected chi connectivity index (χ1v) is 5.89. The van der Waals surface area contributed by atoms with E-state index in [-0.39, 0.29) is 6.61 Å². The van der Waals surface area contributed by atoms with Crippen molar-refractivity contribution in [3.05, 3.63) is 0 Å². The van der Waals surface area contributed by atoms with Crippen LogP contribution >= 0.6 is 0 Å². The number of rotatable bonds is 5. The van der Waals surface area contributed by atoms with Gasteiger partial charge in [0.1, 0.15) is 0 Å². The van der Waals surface area contributed by atoms with Gasteiger partial charge in [-0.05, 0) is 33.6 Å². The van der Waals surface area contributed by atoms with Crippen molar-refractivity contribution >= 4 is 10.0 Å². The highest BCUT2D eigenvalue weighted by atomic mass is 32.2. The fraction of sp³-hybridized carbons (Fsp3) is 1.00. The lowest BCUT2D eigenvalue weighted by Crippen LogP contribution is -2.39. The molecule has 0 aromatic carbocycles. The van der Waals surface area contributed by atoms with Crippen LogP contribution in [0.15, 0.2) is 0 Å². The van der Waals surface area contributed by atoms with Gasteiger partial charge in [-0.3, -0.25) is 0 Å². The molecule has 0 bridgehead atoms. The molecule has 0 saturated carbocycles. The topological polar surface area (TPSA) is 66.4 Å². The second kappa shape index (κ2) is 4.93. The van der Waals surface area contributed by atoms with Gasteiger partial charge in [0.05, 0.1) is 4.75 Å². The van der Waals surface area contributed by atoms with E-state index >= 15 is 0 Å². The molecular formula is C8H19NO3S. The van der Waals surface area contributed by atoms with Gasteiger partial charge >= 0.3 is 0 Å². The van der Waals surface area contributed by atoms with Gasteiger partial charge in [0, 0.05) is 13.2 Å². The maximum Gasteiger partial charge on any atom is 0.216 e. The lowest BCUT2D eigenvalue weighted by molar-refractivity contribution is 0.285. The second-order valence-corrected chi connectivity index (χ2v) is 6.46. The van der Waals surface area contributed by atoms with Gasteiger partial charge in [0.25, 0.3) is 0 Å². The Kier molecular flexibility index (Phi) is 4.88. The van der Waals surface area contributed by atoms with E-state index in [0.29, 0.717) is 19.4 Å². The molecule has 0 aliphatic carbocycles. The van der Waals surface area contributed by atoms with Crippen LogP contribution < -0.4 is 4.72 Å². The Morgan fingerprint density at radius 2 is 1.77 bits per heavy atom. The average Bonchev–Trinajstić information content (AvgIpc) is 1.96. The first-order valence-electron chi connectivity index (χ1n) is 4.41. The summed E-state index contributed by atoms with van der Waals surface area (Å²) < 4.78 is 24.6. The third-order valence-electron chi connectivity index (χ3n) is 1.68. The number of unbranched alkanes of at least 4 members (excludes halogenated alkanes) is 1. The van der Waals surface area contributed by atoms with Crippen LogP contribution in [0.5, 0.6) is 0 Å². The summed E-state index contributed by atoms with van der Waals surface area (Å²) in [6, 6.07) is 0. The van der Waals surface area contributed by atoms with Gasteiger partial charge in [-0.2, -0.15) is 0 Å². The fourth-order valence-electron chi connectivity index (χ4n) is 0.660. The zero-order valence-corrected chi connectivity index (χ0v) is 9.32. The molecule has 0 aromatic rings. The summed E-state index contributed by atoms with van der Waals surface area (Å²) in [5, 5.41) is 8.48. The predicted octanol–water partition coefficient (Wildman–Crippen LogP) is 0.477. The van der Waals surface area contributed by atoms with Crippen molar-refractivity contribution in [2.45, 2.75) is 38.4 Å². The van der Waals surface area contributed by atoms with E-state index in [2.05, 4.69) is 4.72 Å². The minimum atomic E-state index is -3.21. The van der Waals surface area contributed by atoms with E-state index in [1.54, 1.807) is 20.8 Å². The number of hydrogen-bond donors (Lipinski definition) is 2. The standard InChI is InChI=1S/C8H19NO3S/c1-8(2,3)13(11,12)9-6-4-5-7-10/h9-10H,4-7H2,1-3H3. The SMILES string of the molecule is CC(C)(C)S(=O)(=O)NCCCCO. The molecular weight excluding hydrogens is 190 g/mol. The van der Waals surface area contributed by atoms with Gasteiger partial charge in [-0.25, -0.2) is 13.1 Å². The normalized spacial score (nSPS) is 13.2. The minimum absolute atomic E-state index is 0.108. The van der Waals surface area contributed by atoms with Gasteiger partial charge in [0.15, 0.2) is 0 Å². The van der Waals surface area contributed by atoms with Gasteiger partial charge in [-0.1, -0.05) is 0 Å². The number of sulfonamides is 1. The molecule has 0 heterocycles. The van der Waals surface area contributed by atoms with E-state index in [9.17, 15) is 8.42 Å². The number of aliphatic hydroxyl groups is 1. The van der Waals surface area contributed by atoms with E-state index in [4.69, 9.17) is 5.11 Å². The number of nitrogens with one attached hydrogen (secondary N) is 1. The Morgan fingerprint density at radius 3 is 2.15 bits per heavy atom. The van der Waals surface area contributed by atoms with Crippen molar-refractivity contribution in [3.8, 4) is 0 Å². The van der Waals surface area contributed by atoms with Crippen molar-refractivity contribution < 1.29 is 13.5 Å². The summed E-state index contributed by atoms with van der Waals surface area (Å²) >= 11 is 0. The summed E-state index contributed by atoms with van der Waals surface area (Å²) in [6.45, 7) is 5.47. The lowest BCUT2D eigenvalue weighted by Gasteiger charge is -2.19. The van der Waals surface area contributed by atoms with Crippen molar-refractivity contribution in [1.82, 2.24) is 4.72 Å². The number of aliphatic hydroxyl groups excluding tert-OH is 1. The molecule has 0 amide bonds. The van der Waals surface area contributed by atoms with Crippen LogP contribution in [0.25, 0.3) is 0 Å². The molecule has 0 aliphatic heterocycles. The minimum Gasteiger partial charge on any atom is -0.396 e. The van der Waals surface area contributed by atoms with E-state index < -0.39 is 14.8 Å². The predicted molar refractivity (Wildman–Crippen MR) is 53.0 cm³/mol. The highest BCUT2D eigenvalue weighted by Crippen LogP contribution is 2.12. The first-order chi connectivity index (χ1) is 5.81. The third kappa shape index (κ3) is 4.59. The molecule has 0 unspecified atom stereocenters. The van der Waals surface area contributed by atoms with Crippen molar-refractivity contribution in [2.75, 3.05) is 13.2 Å². The van der Waals surface area contributed by atoms with Crippen LogP contribution in [-0.2, 0) is 10.0 Å². The maximum atomic E-state index is 11.4. The zero-order valence-electron chi connectivity index (χ0n) is 8.50. The highest BCUT2D eigenvalue weighted by Gasteiger charge is 2.27. The van der Waals surface area contributed by atoms with Crippen molar-refractivity contribution in [3.63, 3.8) is 0 Å². The molecule has 0 saturated heterocycles. The smallest absolute Gasteiger partial charge is 0.216 e. The largest absolute Gasteiger partial charge is 0.396 e. The summed E-state index contributed by atoms with van der Waals surface area (Å²) in [6.07, 6.45) is 1.30.